The third-order valence-corrected chi connectivity index (χ3v) is 7.63. The average molecular weight is 619 g/mol. The summed E-state index contributed by atoms with van der Waals surface area (Å²) in [6, 6.07) is 37.3. The van der Waals surface area contributed by atoms with E-state index in [0.29, 0.717) is 13.1 Å². The van der Waals surface area contributed by atoms with Crippen LogP contribution >= 0.6 is 0 Å². The van der Waals surface area contributed by atoms with Gasteiger partial charge < -0.3 is 21.1 Å². The van der Waals surface area contributed by atoms with Crippen molar-refractivity contribution in [3.63, 3.8) is 0 Å². The summed E-state index contributed by atoms with van der Waals surface area (Å²) >= 11 is 0. The van der Waals surface area contributed by atoms with E-state index in [1.54, 1.807) is 0 Å². The van der Waals surface area contributed by atoms with E-state index in [2.05, 4.69) is 89.1 Å². The number of nitrogens with one attached hydrogen (secondary N) is 1. The third kappa shape index (κ3) is 9.92. The van der Waals surface area contributed by atoms with E-state index in [0.717, 1.165) is 60.4 Å². The number of carbonyl (C=O) groups is 2. The number of hydrogen-bond acceptors (Lipinski definition) is 4. The highest BCUT2D eigenvalue weighted by Gasteiger charge is 2.38. The Hall–Kier alpha value is -4.67. The molecule has 4 aromatic rings. The van der Waals surface area contributed by atoms with Gasteiger partial charge in [-0.1, -0.05) is 97.1 Å². The summed E-state index contributed by atoms with van der Waals surface area (Å²) in [5.74, 6) is -2.76. The van der Waals surface area contributed by atoms with E-state index >= 15 is 0 Å². The van der Waals surface area contributed by atoms with Crippen LogP contribution in [0.15, 0.2) is 109 Å². The Morgan fingerprint density at radius 1 is 0.822 bits per heavy atom. The number of carboxylic acids is 1. The van der Waals surface area contributed by atoms with Crippen molar-refractivity contribution < 1.29 is 27.9 Å². The zero-order valence-corrected chi connectivity index (χ0v) is 24.8. The Morgan fingerprint density at radius 2 is 1.38 bits per heavy atom. The topological polar surface area (TPSA) is 98.9 Å². The van der Waals surface area contributed by atoms with Crippen LogP contribution in [-0.2, 0) is 24.4 Å². The highest BCUT2D eigenvalue weighted by molar-refractivity contribution is 5.89. The second-order valence-corrected chi connectivity index (χ2v) is 10.8. The number of carbonyl (C=O) groups excluding carboxylic acids is 1. The summed E-state index contributed by atoms with van der Waals surface area (Å²) in [6.07, 6.45) is -3.19. The van der Waals surface area contributed by atoms with Gasteiger partial charge in [-0.3, -0.25) is 4.90 Å². The van der Waals surface area contributed by atoms with Crippen LogP contribution in [0, 0.1) is 0 Å². The number of urea groups is 1. The zero-order valence-electron chi connectivity index (χ0n) is 24.8. The first-order valence-electron chi connectivity index (χ1n) is 14.7. The van der Waals surface area contributed by atoms with Crippen LogP contribution in [-0.4, -0.2) is 52.2 Å². The van der Waals surface area contributed by atoms with Crippen LogP contribution in [0.25, 0.3) is 11.1 Å². The maximum absolute atomic E-state index is 13.7. The molecule has 0 unspecified atom stereocenters. The van der Waals surface area contributed by atoms with Crippen molar-refractivity contribution in [2.75, 3.05) is 18.4 Å². The molecule has 0 atom stereocenters. The monoisotopic (exact) mass is 618 g/mol. The van der Waals surface area contributed by atoms with Crippen molar-refractivity contribution in [3.8, 4) is 11.1 Å². The number of amides is 2. The van der Waals surface area contributed by atoms with E-state index < -0.39 is 12.1 Å². The maximum atomic E-state index is 13.7. The second-order valence-electron chi connectivity index (χ2n) is 10.8. The molecule has 4 aromatic carbocycles. The van der Waals surface area contributed by atoms with E-state index in [1.807, 2.05) is 35.2 Å². The van der Waals surface area contributed by atoms with Gasteiger partial charge in [0.15, 0.2) is 0 Å². The molecule has 0 radical (unpaired) electrons. The molecule has 236 valence electrons. The number of halogens is 3. The molecule has 1 aliphatic heterocycles. The Bertz CT molecular complexity index is 1510. The van der Waals surface area contributed by atoms with Gasteiger partial charge in [-0.2, -0.15) is 13.2 Å². The van der Waals surface area contributed by atoms with Crippen molar-refractivity contribution in [2.24, 2.45) is 5.73 Å². The summed E-state index contributed by atoms with van der Waals surface area (Å²) in [7, 11) is 0. The van der Waals surface area contributed by atoms with Crippen LogP contribution in [0.3, 0.4) is 0 Å². The van der Waals surface area contributed by atoms with Gasteiger partial charge in [-0.25, -0.2) is 9.59 Å². The highest BCUT2D eigenvalue weighted by Crippen LogP contribution is 2.28. The Labute approximate surface area is 261 Å². The smallest absolute Gasteiger partial charge is 0.475 e. The molecule has 1 saturated heterocycles. The van der Waals surface area contributed by atoms with Gasteiger partial charge in [-0.05, 0) is 52.8 Å². The van der Waals surface area contributed by atoms with Crippen LogP contribution in [0.1, 0.15) is 29.5 Å². The molecule has 0 saturated carbocycles. The number of hydrogen-bond donors (Lipinski definition) is 3. The van der Waals surface area contributed by atoms with Crippen molar-refractivity contribution in [1.29, 1.82) is 0 Å². The molecule has 0 spiro atoms. The summed E-state index contributed by atoms with van der Waals surface area (Å²) < 4.78 is 31.7. The standard InChI is InChI=1S/C33H36N4O.C2HF3O2/c34-23-26-15-17-28(18-16-26)32-14-8-7-11-29(32)25-37(33(38)35-30-12-5-2-6-13-30)31-19-21-36(22-20-31)24-27-9-3-1-4-10-27;3-2(4,5)1(6)7/h1-18,31H,19-25,34H2,(H,35,38);(H,6,7). The van der Waals surface area contributed by atoms with Crippen LogP contribution in [0.2, 0.25) is 0 Å². The largest absolute Gasteiger partial charge is 0.490 e. The molecule has 0 bridgehead atoms. The average Bonchev–Trinajstić information content (AvgIpc) is 3.05. The number of para-hydroxylation sites is 1. The van der Waals surface area contributed by atoms with E-state index in [1.165, 1.54) is 5.56 Å². The minimum atomic E-state index is -5.08. The molecular weight excluding hydrogens is 581 g/mol. The molecule has 1 heterocycles. The zero-order chi connectivity index (χ0) is 32.2. The minimum Gasteiger partial charge on any atom is -0.475 e. The van der Waals surface area contributed by atoms with Gasteiger partial charge in [0.1, 0.15) is 0 Å². The number of anilines is 1. The molecule has 0 aliphatic carbocycles. The number of piperidine rings is 1. The lowest BCUT2D eigenvalue weighted by molar-refractivity contribution is -0.192. The van der Waals surface area contributed by atoms with Gasteiger partial charge >= 0.3 is 18.2 Å². The third-order valence-electron chi connectivity index (χ3n) is 7.63. The SMILES string of the molecule is NCc1ccc(-c2ccccc2CN(C(=O)Nc2ccccc2)C2CCN(Cc3ccccc3)CC2)cc1.O=C(O)C(F)(F)F. The normalized spacial score (nSPS) is 13.8. The van der Waals surface area contributed by atoms with Gasteiger partial charge in [-0.15, -0.1) is 0 Å². The first-order valence-corrected chi connectivity index (χ1v) is 14.7. The van der Waals surface area contributed by atoms with E-state index in [4.69, 9.17) is 15.6 Å². The Morgan fingerprint density at radius 3 is 1.96 bits per heavy atom. The molecule has 1 fully saturated rings. The number of likely N-dealkylation sites (tertiary alicyclic amines) is 1. The fraction of sp³-hybridized carbons (Fsp3) is 0.257. The van der Waals surface area contributed by atoms with Gasteiger partial charge in [0, 0.05) is 44.5 Å². The molecule has 1 aliphatic rings. The maximum Gasteiger partial charge on any atom is 0.490 e. The van der Waals surface area contributed by atoms with Crippen LogP contribution < -0.4 is 11.1 Å². The number of benzene rings is 4. The number of nitrogens with zero attached hydrogens (tertiary/aromatic N) is 2. The van der Waals surface area contributed by atoms with E-state index in [9.17, 15) is 18.0 Å². The van der Waals surface area contributed by atoms with Crippen molar-refractivity contribution in [1.82, 2.24) is 9.80 Å². The van der Waals surface area contributed by atoms with Crippen molar-refractivity contribution >= 4 is 17.7 Å². The van der Waals surface area contributed by atoms with Gasteiger partial charge in [0.25, 0.3) is 0 Å². The Kier molecular flexibility index (Phi) is 11.7. The number of rotatable bonds is 8. The minimum absolute atomic E-state index is 0.0500. The lowest BCUT2D eigenvalue weighted by Gasteiger charge is -2.39. The fourth-order valence-corrected chi connectivity index (χ4v) is 5.26. The summed E-state index contributed by atoms with van der Waals surface area (Å²) in [5, 5.41) is 10.3. The molecular formula is C35H37F3N4O3. The molecule has 7 nitrogen and oxygen atoms in total. The number of aliphatic carboxylic acids is 1. The lowest BCUT2D eigenvalue weighted by Crippen LogP contribution is -2.48. The molecule has 0 aromatic heterocycles. The van der Waals surface area contributed by atoms with Gasteiger partial charge in [0.2, 0.25) is 0 Å². The molecule has 45 heavy (non-hydrogen) atoms. The molecule has 4 N–H and O–H groups in total. The first kappa shape index (κ1) is 33.2. The quantitative estimate of drug-likeness (QED) is 0.195. The summed E-state index contributed by atoms with van der Waals surface area (Å²) in [6.45, 7) is 3.97. The summed E-state index contributed by atoms with van der Waals surface area (Å²) in [4.78, 5) is 27.1. The Balaban J connectivity index is 0.000000591. The lowest BCUT2D eigenvalue weighted by atomic mass is 9.96. The summed E-state index contributed by atoms with van der Waals surface area (Å²) in [5.41, 5.74) is 12.5. The fourth-order valence-electron chi connectivity index (χ4n) is 5.26. The first-order chi connectivity index (χ1) is 21.6. The molecule has 5 rings (SSSR count). The predicted octanol–water partition coefficient (Wildman–Crippen LogP) is 7.14. The number of nitrogens with two attached hydrogens (primary N) is 1. The molecule has 10 heteroatoms. The predicted molar refractivity (Wildman–Crippen MR) is 169 cm³/mol. The highest BCUT2D eigenvalue weighted by atomic mass is 19.4. The van der Waals surface area contributed by atoms with Crippen LogP contribution in [0.5, 0.6) is 0 Å². The second kappa shape index (κ2) is 15.9. The van der Waals surface area contributed by atoms with Crippen LogP contribution in [0.4, 0.5) is 23.7 Å². The number of carboxylic acid groups (broad SMARTS) is 1. The van der Waals surface area contributed by atoms with Crippen molar-refractivity contribution in [3.05, 3.63) is 126 Å². The molecule has 2 amide bonds. The number of alkyl halides is 3. The van der Waals surface area contributed by atoms with E-state index in [-0.39, 0.29) is 12.1 Å². The van der Waals surface area contributed by atoms with Gasteiger partial charge in [0.05, 0.1) is 0 Å². The van der Waals surface area contributed by atoms with Crippen molar-refractivity contribution in [2.45, 2.75) is 44.7 Å².